The molecule has 0 heterocycles. The van der Waals surface area contributed by atoms with Gasteiger partial charge in [0.2, 0.25) is 11.8 Å². The first-order valence-electron chi connectivity index (χ1n) is 9.23. The van der Waals surface area contributed by atoms with Crippen molar-refractivity contribution in [1.29, 1.82) is 5.26 Å². The van der Waals surface area contributed by atoms with Gasteiger partial charge in [0.1, 0.15) is 11.4 Å². The van der Waals surface area contributed by atoms with Gasteiger partial charge in [-0.3, -0.25) is 14.5 Å². The molecule has 2 amide bonds. The Morgan fingerprint density at radius 3 is 2.37 bits per heavy atom. The molecule has 2 rings (SSSR count). The number of nitrogens with zero attached hydrogens (tertiary/aromatic N) is 3. The van der Waals surface area contributed by atoms with Gasteiger partial charge >= 0.3 is 0 Å². The monoisotopic (exact) mass is 374 g/mol. The van der Waals surface area contributed by atoms with Crippen LogP contribution in [0.4, 0.5) is 10.1 Å². The number of nitrogens with one attached hydrogen (secondary N) is 1. The Balaban J connectivity index is 1.95. The second-order valence-corrected chi connectivity index (χ2v) is 7.25. The second-order valence-electron chi connectivity index (χ2n) is 7.25. The maximum Gasteiger partial charge on any atom is 0.240 e. The Morgan fingerprint density at radius 1 is 1.22 bits per heavy atom. The van der Waals surface area contributed by atoms with E-state index in [0.717, 1.165) is 19.3 Å². The number of rotatable bonds is 6. The Kier molecular flexibility index (Phi) is 6.92. The average Bonchev–Trinajstić information content (AvgIpc) is 2.68. The van der Waals surface area contributed by atoms with Gasteiger partial charge in [-0.15, -0.1) is 0 Å². The highest BCUT2D eigenvalue weighted by molar-refractivity contribution is 5.92. The lowest BCUT2D eigenvalue weighted by atomic mass is 9.81. The SMILES string of the molecule is C[C@@H](C(=O)N(C)C1(C#N)CCCCC1)N(C)CC(=O)Nc1ccc(F)cc1. The minimum Gasteiger partial charge on any atom is -0.326 e. The van der Waals surface area contributed by atoms with E-state index in [1.165, 1.54) is 24.3 Å². The van der Waals surface area contributed by atoms with E-state index >= 15 is 0 Å². The fourth-order valence-electron chi connectivity index (χ4n) is 3.44. The lowest BCUT2D eigenvalue weighted by molar-refractivity contribution is -0.140. The Bertz CT molecular complexity index is 708. The molecule has 0 aromatic heterocycles. The van der Waals surface area contributed by atoms with Gasteiger partial charge in [0.05, 0.1) is 18.7 Å². The molecule has 1 aliphatic rings. The van der Waals surface area contributed by atoms with E-state index in [1.807, 2.05) is 0 Å². The summed E-state index contributed by atoms with van der Waals surface area (Å²) in [7, 11) is 3.38. The molecule has 0 saturated heterocycles. The van der Waals surface area contributed by atoms with E-state index in [4.69, 9.17) is 0 Å². The third-order valence-corrected chi connectivity index (χ3v) is 5.40. The lowest BCUT2D eigenvalue weighted by Gasteiger charge is -2.41. The predicted octanol–water partition coefficient (Wildman–Crippen LogP) is 2.77. The Morgan fingerprint density at radius 2 is 1.81 bits per heavy atom. The van der Waals surface area contributed by atoms with E-state index in [9.17, 15) is 19.2 Å². The van der Waals surface area contributed by atoms with Gasteiger partial charge in [0.15, 0.2) is 0 Å². The molecule has 1 fully saturated rings. The van der Waals surface area contributed by atoms with Gasteiger partial charge in [-0.25, -0.2) is 4.39 Å². The number of nitriles is 1. The fourth-order valence-corrected chi connectivity index (χ4v) is 3.44. The molecule has 1 aromatic carbocycles. The molecule has 146 valence electrons. The summed E-state index contributed by atoms with van der Waals surface area (Å²) in [5.41, 5.74) is -0.252. The third kappa shape index (κ3) is 5.04. The van der Waals surface area contributed by atoms with Crippen molar-refractivity contribution in [3.63, 3.8) is 0 Å². The molecule has 1 aromatic rings. The summed E-state index contributed by atoms with van der Waals surface area (Å²) < 4.78 is 12.9. The molecule has 0 radical (unpaired) electrons. The van der Waals surface area contributed by atoms with E-state index < -0.39 is 11.6 Å². The number of benzene rings is 1. The van der Waals surface area contributed by atoms with Crippen molar-refractivity contribution in [3.05, 3.63) is 30.1 Å². The normalized spacial score (nSPS) is 17.0. The summed E-state index contributed by atoms with van der Waals surface area (Å²) in [6.45, 7) is 1.75. The molecule has 0 spiro atoms. The van der Waals surface area contributed by atoms with Crippen molar-refractivity contribution >= 4 is 17.5 Å². The quantitative estimate of drug-likeness (QED) is 0.831. The highest BCUT2D eigenvalue weighted by Crippen LogP contribution is 2.33. The first-order valence-corrected chi connectivity index (χ1v) is 9.23. The summed E-state index contributed by atoms with van der Waals surface area (Å²) in [5.74, 6) is -0.837. The van der Waals surface area contributed by atoms with Gasteiger partial charge < -0.3 is 10.2 Å². The van der Waals surface area contributed by atoms with Crippen LogP contribution in [0.5, 0.6) is 0 Å². The van der Waals surface area contributed by atoms with Gasteiger partial charge in [-0.05, 0) is 51.1 Å². The number of hydrogen-bond acceptors (Lipinski definition) is 4. The summed E-state index contributed by atoms with van der Waals surface area (Å²) in [5, 5.41) is 12.3. The van der Waals surface area contributed by atoms with Crippen LogP contribution >= 0.6 is 0 Å². The number of hydrogen-bond donors (Lipinski definition) is 1. The van der Waals surface area contributed by atoms with Crippen LogP contribution in [0.25, 0.3) is 0 Å². The van der Waals surface area contributed by atoms with Crippen LogP contribution in [-0.4, -0.2) is 53.8 Å². The van der Waals surface area contributed by atoms with E-state index in [2.05, 4.69) is 11.4 Å². The van der Waals surface area contributed by atoms with Gasteiger partial charge in [0.25, 0.3) is 0 Å². The second kappa shape index (κ2) is 8.96. The first kappa shape index (κ1) is 20.8. The lowest BCUT2D eigenvalue weighted by Crippen LogP contribution is -2.55. The van der Waals surface area contributed by atoms with Crippen LogP contribution in [-0.2, 0) is 9.59 Å². The minimum absolute atomic E-state index is 0.0116. The Hall–Kier alpha value is -2.46. The number of amides is 2. The summed E-state index contributed by atoms with van der Waals surface area (Å²) in [4.78, 5) is 28.3. The number of anilines is 1. The largest absolute Gasteiger partial charge is 0.326 e. The average molecular weight is 374 g/mol. The van der Waals surface area contributed by atoms with Crippen molar-refractivity contribution in [3.8, 4) is 6.07 Å². The van der Waals surface area contributed by atoms with E-state index in [-0.39, 0.29) is 24.2 Å². The molecule has 0 bridgehead atoms. The first-order chi connectivity index (χ1) is 12.8. The number of likely N-dealkylation sites (N-methyl/N-ethyl adjacent to an activating group) is 2. The minimum atomic E-state index is -0.749. The van der Waals surface area contributed by atoms with Crippen molar-refractivity contribution in [2.24, 2.45) is 0 Å². The zero-order valence-electron chi connectivity index (χ0n) is 16.2. The molecule has 0 unspecified atom stereocenters. The van der Waals surface area contributed by atoms with Gasteiger partial charge in [-0.2, -0.15) is 5.26 Å². The molecule has 1 aliphatic carbocycles. The number of halogens is 1. The van der Waals surface area contributed by atoms with E-state index in [1.54, 1.807) is 30.8 Å². The van der Waals surface area contributed by atoms with Gasteiger partial charge in [-0.1, -0.05) is 19.3 Å². The molecule has 7 heteroatoms. The molecule has 6 nitrogen and oxygen atoms in total. The maximum atomic E-state index is 12.9. The van der Waals surface area contributed by atoms with Crippen molar-refractivity contribution < 1.29 is 14.0 Å². The summed E-state index contributed by atoms with van der Waals surface area (Å²) in [6.07, 6.45) is 4.34. The molecule has 1 atom stereocenters. The molecular weight excluding hydrogens is 347 g/mol. The van der Waals surface area contributed by atoms with Crippen LogP contribution in [0.3, 0.4) is 0 Å². The zero-order valence-corrected chi connectivity index (χ0v) is 16.2. The highest BCUT2D eigenvalue weighted by Gasteiger charge is 2.40. The third-order valence-electron chi connectivity index (χ3n) is 5.40. The van der Waals surface area contributed by atoms with Crippen LogP contribution in [0.1, 0.15) is 39.0 Å². The number of carbonyl (C=O) groups is 2. The standard InChI is InChI=1S/C20H27FN4O2/c1-15(19(27)25(3)20(14-22)11-5-4-6-12-20)24(2)13-18(26)23-17-9-7-16(21)8-10-17/h7-10,15H,4-6,11-13H2,1-3H3,(H,23,26)/t15-/m0/s1. The smallest absolute Gasteiger partial charge is 0.240 e. The van der Waals surface area contributed by atoms with Crippen molar-refractivity contribution in [1.82, 2.24) is 9.80 Å². The highest BCUT2D eigenvalue weighted by atomic mass is 19.1. The number of carbonyl (C=O) groups excluding carboxylic acids is 2. The molecular formula is C20H27FN4O2. The van der Waals surface area contributed by atoms with Crippen molar-refractivity contribution in [2.45, 2.75) is 50.6 Å². The molecule has 1 saturated carbocycles. The van der Waals surface area contributed by atoms with Crippen molar-refractivity contribution in [2.75, 3.05) is 26.0 Å². The summed E-state index contributed by atoms with van der Waals surface area (Å²) in [6, 6.07) is 7.31. The zero-order chi connectivity index (χ0) is 20.0. The summed E-state index contributed by atoms with van der Waals surface area (Å²) >= 11 is 0. The molecule has 27 heavy (non-hydrogen) atoms. The molecule has 0 aliphatic heterocycles. The van der Waals surface area contributed by atoms with Gasteiger partial charge in [0, 0.05) is 12.7 Å². The van der Waals surface area contributed by atoms with Crippen LogP contribution in [0.15, 0.2) is 24.3 Å². The Labute approximate surface area is 159 Å². The van der Waals surface area contributed by atoms with Crippen LogP contribution in [0.2, 0.25) is 0 Å². The predicted molar refractivity (Wildman–Crippen MR) is 101 cm³/mol. The van der Waals surface area contributed by atoms with Crippen LogP contribution < -0.4 is 5.32 Å². The topological polar surface area (TPSA) is 76.4 Å². The maximum absolute atomic E-state index is 12.9. The van der Waals surface area contributed by atoms with E-state index in [0.29, 0.717) is 18.5 Å². The fraction of sp³-hybridized carbons (Fsp3) is 0.550. The molecule has 1 N–H and O–H groups in total. The van der Waals surface area contributed by atoms with Crippen LogP contribution in [0, 0.1) is 17.1 Å².